The molecule has 2 heterocycles. The van der Waals surface area contributed by atoms with Crippen molar-refractivity contribution < 1.29 is 4.79 Å². The Labute approximate surface area is 184 Å². The molecule has 1 N–H and O–H groups in total. The van der Waals surface area contributed by atoms with E-state index in [1.807, 2.05) is 83.8 Å². The molecule has 0 saturated heterocycles. The topological polar surface area (TPSA) is 49.0 Å². The summed E-state index contributed by atoms with van der Waals surface area (Å²) >= 11 is 12.2. The molecule has 0 saturated carbocycles. The van der Waals surface area contributed by atoms with Gasteiger partial charge in [-0.15, -0.1) is 0 Å². The van der Waals surface area contributed by atoms with Gasteiger partial charge in [0, 0.05) is 27.7 Å². The number of nitrogens with one attached hydrogen (secondary N) is 1. The molecular weight excluding hydrogens is 417 g/mol. The van der Waals surface area contributed by atoms with Gasteiger partial charge in [0.1, 0.15) is 5.69 Å². The lowest BCUT2D eigenvalue weighted by molar-refractivity contribution is 0.0730. The number of carbonyl (C=O) groups excluding carboxylic acids is 1. The molecule has 4 aromatic rings. The zero-order valence-corrected chi connectivity index (χ0v) is 17.4. The second-order valence-electron chi connectivity index (χ2n) is 7.24. The van der Waals surface area contributed by atoms with Crippen molar-refractivity contribution in [1.29, 1.82) is 0 Å². The molecule has 1 atom stereocenters. The Morgan fingerprint density at radius 3 is 2.17 bits per heavy atom. The van der Waals surface area contributed by atoms with Crippen molar-refractivity contribution >= 4 is 29.1 Å². The maximum atomic E-state index is 13.4. The number of carbonyl (C=O) groups is 1. The van der Waals surface area contributed by atoms with Crippen LogP contribution in [-0.4, -0.2) is 21.0 Å². The summed E-state index contributed by atoms with van der Waals surface area (Å²) in [6.45, 7) is 0.458. The van der Waals surface area contributed by atoms with E-state index in [-0.39, 0.29) is 11.9 Å². The van der Waals surface area contributed by atoms with E-state index in [0.29, 0.717) is 22.3 Å². The van der Waals surface area contributed by atoms with Crippen LogP contribution in [0, 0.1) is 0 Å². The molecule has 5 rings (SSSR count). The number of fused-ring (bicyclic) bond motifs is 1. The quantitative estimate of drug-likeness (QED) is 0.420. The number of H-pyrrole nitrogens is 1. The predicted octanol–water partition coefficient (Wildman–Crippen LogP) is 6.13. The summed E-state index contributed by atoms with van der Waals surface area (Å²) in [5.41, 5.74) is 5.17. The van der Waals surface area contributed by atoms with Crippen molar-refractivity contribution in [2.75, 3.05) is 0 Å². The average molecular weight is 434 g/mol. The highest BCUT2D eigenvalue weighted by molar-refractivity contribution is 6.30. The van der Waals surface area contributed by atoms with E-state index in [2.05, 4.69) is 10.2 Å². The van der Waals surface area contributed by atoms with E-state index in [9.17, 15) is 4.79 Å². The number of hydrogen-bond acceptors (Lipinski definition) is 2. The number of halogens is 2. The molecular formula is C24H17Cl2N3O. The standard InChI is InChI=1S/C24H17Cl2N3O/c25-18-10-6-15(7-11-18)14-29-23(17-8-12-19(26)13-9-17)20-21(16-4-2-1-3-5-16)27-28-22(20)24(29)30/h1-13,23H,14H2,(H,27,28). The fourth-order valence-electron chi connectivity index (χ4n) is 3.95. The number of benzene rings is 3. The third kappa shape index (κ3) is 3.28. The van der Waals surface area contributed by atoms with Gasteiger partial charge in [-0.3, -0.25) is 9.89 Å². The Balaban J connectivity index is 1.63. The maximum absolute atomic E-state index is 13.4. The van der Waals surface area contributed by atoms with Crippen LogP contribution in [0.15, 0.2) is 78.9 Å². The van der Waals surface area contributed by atoms with Crippen molar-refractivity contribution in [3.63, 3.8) is 0 Å². The van der Waals surface area contributed by atoms with Gasteiger partial charge in [0.05, 0.1) is 11.7 Å². The Kier molecular flexibility index (Phi) is 4.81. The normalized spacial score (nSPS) is 15.5. The molecule has 1 amide bonds. The van der Waals surface area contributed by atoms with Crippen LogP contribution in [-0.2, 0) is 6.54 Å². The second-order valence-corrected chi connectivity index (χ2v) is 8.11. The summed E-state index contributed by atoms with van der Waals surface area (Å²) < 4.78 is 0. The first-order chi connectivity index (χ1) is 14.6. The Morgan fingerprint density at radius 1 is 0.867 bits per heavy atom. The summed E-state index contributed by atoms with van der Waals surface area (Å²) in [7, 11) is 0. The van der Waals surface area contributed by atoms with E-state index < -0.39 is 0 Å². The van der Waals surface area contributed by atoms with Crippen LogP contribution in [0.3, 0.4) is 0 Å². The van der Waals surface area contributed by atoms with Gasteiger partial charge < -0.3 is 4.90 Å². The molecule has 0 fully saturated rings. The Bertz CT molecular complexity index is 1200. The van der Waals surface area contributed by atoms with Crippen LogP contribution in [0.4, 0.5) is 0 Å². The van der Waals surface area contributed by atoms with Gasteiger partial charge in [-0.2, -0.15) is 5.10 Å². The fourth-order valence-corrected chi connectivity index (χ4v) is 4.21. The van der Waals surface area contributed by atoms with Gasteiger partial charge in [-0.1, -0.05) is 77.8 Å². The minimum absolute atomic E-state index is 0.0745. The van der Waals surface area contributed by atoms with E-state index in [4.69, 9.17) is 23.2 Å². The monoisotopic (exact) mass is 433 g/mol. The number of rotatable bonds is 4. The zero-order valence-electron chi connectivity index (χ0n) is 15.8. The maximum Gasteiger partial charge on any atom is 0.273 e. The van der Waals surface area contributed by atoms with Crippen molar-refractivity contribution in [2.24, 2.45) is 0 Å². The molecule has 148 valence electrons. The minimum Gasteiger partial charge on any atom is -0.322 e. The molecule has 1 unspecified atom stereocenters. The molecule has 0 bridgehead atoms. The van der Waals surface area contributed by atoms with Crippen LogP contribution in [0.5, 0.6) is 0 Å². The van der Waals surface area contributed by atoms with Crippen LogP contribution in [0.1, 0.15) is 33.2 Å². The largest absolute Gasteiger partial charge is 0.322 e. The average Bonchev–Trinajstić information content (AvgIpc) is 3.31. The van der Waals surface area contributed by atoms with Crippen LogP contribution < -0.4 is 0 Å². The summed E-state index contributed by atoms with van der Waals surface area (Å²) in [6.07, 6.45) is 0. The van der Waals surface area contributed by atoms with E-state index in [0.717, 1.165) is 27.9 Å². The third-order valence-electron chi connectivity index (χ3n) is 5.36. The number of aromatic nitrogens is 2. The Morgan fingerprint density at radius 2 is 1.50 bits per heavy atom. The summed E-state index contributed by atoms with van der Waals surface area (Å²) in [5, 5.41) is 8.79. The van der Waals surface area contributed by atoms with Gasteiger partial charge in [0.15, 0.2) is 0 Å². The highest BCUT2D eigenvalue weighted by Crippen LogP contribution is 2.43. The highest BCUT2D eigenvalue weighted by atomic mass is 35.5. The van der Waals surface area contributed by atoms with Crippen molar-refractivity contribution in [2.45, 2.75) is 12.6 Å². The van der Waals surface area contributed by atoms with Gasteiger partial charge in [-0.05, 0) is 35.4 Å². The van der Waals surface area contributed by atoms with Crippen LogP contribution in [0.25, 0.3) is 11.3 Å². The first kappa shape index (κ1) is 18.9. The molecule has 1 aliphatic heterocycles. The van der Waals surface area contributed by atoms with Crippen LogP contribution in [0.2, 0.25) is 10.0 Å². The molecule has 4 nitrogen and oxygen atoms in total. The van der Waals surface area contributed by atoms with Crippen molar-refractivity contribution in [1.82, 2.24) is 15.1 Å². The van der Waals surface area contributed by atoms with Crippen molar-refractivity contribution in [3.8, 4) is 11.3 Å². The second kappa shape index (κ2) is 7.63. The lowest BCUT2D eigenvalue weighted by atomic mass is 9.96. The fraction of sp³-hybridized carbons (Fsp3) is 0.0833. The van der Waals surface area contributed by atoms with Crippen LogP contribution >= 0.6 is 23.2 Å². The molecule has 0 radical (unpaired) electrons. The Hall–Kier alpha value is -3.08. The first-order valence-corrected chi connectivity index (χ1v) is 10.3. The molecule has 1 aliphatic rings. The first-order valence-electron chi connectivity index (χ1n) is 9.56. The van der Waals surface area contributed by atoms with Gasteiger partial charge in [0.2, 0.25) is 0 Å². The molecule has 0 spiro atoms. The SMILES string of the molecule is O=C1c2[nH]nc(-c3ccccc3)c2C(c2ccc(Cl)cc2)N1Cc1ccc(Cl)cc1. The van der Waals surface area contributed by atoms with E-state index in [1.165, 1.54) is 0 Å². The number of amides is 1. The smallest absolute Gasteiger partial charge is 0.273 e. The van der Waals surface area contributed by atoms with Gasteiger partial charge in [-0.25, -0.2) is 0 Å². The number of hydrogen-bond donors (Lipinski definition) is 1. The van der Waals surface area contributed by atoms with Crippen molar-refractivity contribution in [3.05, 3.63) is 111 Å². The highest BCUT2D eigenvalue weighted by Gasteiger charge is 2.42. The van der Waals surface area contributed by atoms with Gasteiger partial charge in [0.25, 0.3) is 5.91 Å². The zero-order chi connectivity index (χ0) is 20.7. The molecule has 30 heavy (non-hydrogen) atoms. The lowest BCUT2D eigenvalue weighted by Crippen LogP contribution is -2.29. The lowest BCUT2D eigenvalue weighted by Gasteiger charge is -2.26. The number of nitrogens with zero attached hydrogens (tertiary/aromatic N) is 2. The molecule has 0 aliphatic carbocycles. The molecule has 1 aromatic heterocycles. The summed E-state index contributed by atoms with van der Waals surface area (Å²) in [4.78, 5) is 15.2. The molecule has 6 heteroatoms. The number of aromatic amines is 1. The molecule has 3 aromatic carbocycles. The van der Waals surface area contributed by atoms with Gasteiger partial charge >= 0.3 is 0 Å². The van der Waals surface area contributed by atoms with E-state index >= 15 is 0 Å². The van der Waals surface area contributed by atoms with E-state index in [1.54, 1.807) is 0 Å². The summed E-state index contributed by atoms with van der Waals surface area (Å²) in [5.74, 6) is -0.0745. The minimum atomic E-state index is -0.269. The predicted molar refractivity (Wildman–Crippen MR) is 119 cm³/mol. The summed E-state index contributed by atoms with van der Waals surface area (Å²) in [6, 6.07) is 24.8. The third-order valence-corrected chi connectivity index (χ3v) is 5.87.